The van der Waals surface area contributed by atoms with Gasteiger partial charge < -0.3 is 0 Å². The predicted molar refractivity (Wildman–Crippen MR) is 128 cm³/mol. The number of rotatable bonds is 2. The molecule has 160 valence electrons. The SMILES string of the molecule is Cc1ccc(C)c(-n2c3nc4ccccc4nc3c3c(=O)n(C4CCCC4)c(C)nc32)c1. The fourth-order valence-corrected chi connectivity index (χ4v) is 5.19. The van der Waals surface area contributed by atoms with Gasteiger partial charge in [-0.2, -0.15) is 0 Å². The molecular formula is C26H25N5O. The molecule has 0 bridgehead atoms. The van der Waals surface area contributed by atoms with Gasteiger partial charge in [-0.05, 0) is 62.9 Å². The molecule has 0 spiro atoms. The topological polar surface area (TPSA) is 65.6 Å². The molecule has 3 aromatic heterocycles. The Morgan fingerprint density at radius 2 is 1.59 bits per heavy atom. The Bertz CT molecular complexity index is 1590. The smallest absolute Gasteiger partial charge is 0.265 e. The molecule has 2 aromatic carbocycles. The van der Waals surface area contributed by atoms with Crippen LogP contribution in [0.3, 0.4) is 0 Å². The lowest BCUT2D eigenvalue weighted by Crippen LogP contribution is -2.27. The average molecular weight is 424 g/mol. The summed E-state index contributed by atoms with van der Waals surface area (Å²) in [7, 11) is 0. The van der Waals surface area contributed by atoms with Crippen molar-refractivity contribution >= 4 is 33.2 Å². The van der Waals surface area contributed by atoms with Crippen molar-refractivity contribution in [2.75, 3.05) is 0 Å². The number of fused-ring (bicyclic) bond motifs is 4. The summed E-state index contributed by atoms with van der Waals surface area (Å²) in [6.45, 7) is 6.10. The van der Waals surface area contributed by atoms with Gasteiger partial charge in [0.2, 0.25) is 0 Å². The van der Waals surface area contributed by atoms with E-state index in [0.717, 1.165) is 59.4 Å². The zero-order valence-corrected chi connectivity index (χ0v) is 18.6. The van der Waals surface area contributed by atoms with Gasteiger partial charge in [0.1, 0.15) is 16.7 Å². The van der Waals surface area contributed by atoms with Crippen LogP contribution in [0.4, 0.5) is 0 Å². The van der Waals surface area contributed by atoms with Crippen LogP contribution in [0.15, 0.2) is 47.3 Å². The van der Waals surface area contributed by atoms with E-state index in [1.54, 1.807) is 0 Å². The van der Waals surface area contributed by atoms with Gasteiger partial charge in [0.05, 0.1) is 16.7 Å². The van der Waals surface area contributed by atoms with Crippen molar-refractivity contribution in [1.82, 2.24) is 24.1 Å². The quantitative estimate of drug-likeness (QED) is 0.385. The normalized spacial score (nSPS) is 14.8. The van der Waals surface area contributed by atoms with E-state index in [1.165, 1.54) is 0 Å². The van der Waals surface area contributed by atoms with Gasteiger partial charge in [0.15, 0.2) is 11.3 Å². The molecule has 0 unspecified atom stereocenters. The number of benzene rings is 2. The highest BCUT2D eigenvalue weighted by molar-refractivity contribution is 6.06. The molecule has 3 heterocycles. The Balaban J connectivity index is 1.82. The molecule has 1 saturated carbocycles. The molecule has 32 heavy (non-hydrogen) atoms. The van der Waals surface area contributed by atoms with Crippen LogP contribution in [-0.4, -0.2) is 24.1 Å². The van der Waals surface area contributed by atoms with Gasteiger partial charge in [0, 0.05) is 6.04 Å². The number of nitrogens with zero attached hydrogens (tertiary/aromatic N) is 5. The standard InChI is InChI=1S/C26H25N5O/c1-15-12-13-16(2)21(14-15)31-24-22(23-25(31)29-20-11-7-6-10-19(20)28-23)26(32)30(17(3)27-24)18-8-4-5-9-18/h6-7,10-14,18H,4-5,8-9H2,1-3H3. The second-order valence-corrected chi connectivity index (χ2v) is 8.98. The predicted octanol–water partition coefficient (Wildman–Crippen LogP) is 5.32. The molecule has 0 saturated heterocycles. The Hall–Kier alpha value is -3.54. The Kier molecular flexibility index (Phi) is 4.18. The minimum Gasteiger partial charge on any atom is -0.293 e. The van der Waals surface area contributed by atoms with Crippen LogP contribution in [0, 0.1) is 20.8 Å². The molecule has 6 heteroatoms. The maximum Gasteiger partial charge on any atom is 0.265 e. The van der Waals surface area contributed by atoms with E-state index >= 15 is 0 Å². The van der Waals surface area contributed by atoms with Crippen LogP contribution >= 0.6 is 0 Å². The highest BCUT2D eigenvalue weighted by Crippen LogP contribution is 2.33. The van der Waals surface area contributed by atoms with Crippen molar-refractivity contribution in [2.24, 2.45) is 0 Å². The number of aryl methyl sites for hydroxylation is 3. The summed E-state index contributed by atoms with van der Waals surface area (Å²) in [4.78, 5) is 28.8. The number of hydrogen-bond acceptors (Lipinski definition) is 4. The van der Waals surface area contributed by atoms with E-state index in [2.05, 4.69) is 32.0 Å². The van der Waals surface area contributed by atoms with Crippen molar-refractivity contribution in [1.29, 1.82) is 0 Å². The maximum absolute atomic E-state index is 13.9. The van der Waals surface area contributed by atoms with Crippen LogP contribution in [0.1, 0.15) is 48.7 Å². The maximum atomic E-state index is 13.9. The zero-order valence-electron chi connectivity index (χ0n) is 18.6. The van der Waals surface area contributed by atoms with Crippen LogP contribution in [0.2, 0.25) is 0 Å². The second-order valence-electron chi connectivity index (χ2n) is 8.98. The summed E-state index contributed by atoms with van der Waals surface area (Å²) < 4.78 is 3.93. The van der Waals surface area contributed by atoms with Crippen molar-refractivity contribution in [3.8, 4) is 5.69 Å². The third-order valence-corrected chi connectivity index (χ3v) is 6.78. The molecule has 1 fully saturated rings. The van der Waals surface area contributed by atoms with E-state index in [-0.39, 0.29) is 11.6 Å². The molecule has 0 amide bonds. The molecule has 0 N–H and O–H groups in total. The van der Waals surface area contributed by atoms with Gasteiger partial charge in [-0.15, -0.1) is 0 Å². The fourth-order valence-electron chi connectivity index (χ4n) is 5.19. The first-order valence-corrected chi connectivity index (χ1v) is 11.3. The third kappa shape index (κ3) is 2.72. The molecule has 0 radical (unpaired) electrons. The molecule has 0 aliphatic heterocycles. The molecular weight excluding hydrogens is 398 g/mol. The lowest BCUT2D eigenvalue weighted by molar-refractivity contribution is 0.485. The molecule has 1 aliphatic carbocycles. The summed E-state index contributed by atoms with van der Waals surface area (Å²) in [6, 6.07) is 14.4. The summed E-state index contributed by atoms with van der Waals surface area (Å²) >= 11 is 0. The number of aromatic nitrogens is 5. The Morgan fingerprint density at radius 1 is 0.875 bits per heavy atom. The van der Waals surface area contributed by atoms with E-state index in [4.69, 9.17) is 15.0 Å². The van der Waals surface area contributed by atoms with Crippen LogP contribution in [0.5, 0.6) is 0 Å². The van der Waals surface area contributed by atoms with Gasteiger partial charge in [-0.25, -0.2) is 15.0 Å². The first-order valence-electron chi connectivity index (χ1n) is 11.3. The van der Waals surface area contributed by atoms with E-state index < -0.39 is 0 Å². The van der Waals surface area contributed by atoms with Gasteiger partial charge in [-0.3, -0.25) is 13.9 Å². The van der Waals surface area contributed by atoms with E-state index in [1.807, 2.05) is 40.3 Å². The van der Waals surface area contributed by atoms with Crippen LogP contribution in [-0.2, 0) is 0 Å². The van der Waals surface area contributed by atoms with E-state index in [9.17, 15) is 4.79 Å². The summed E-state index contributed by atoms with van der Waals surface area (Å²) in [6.07, 6.45) is 4.36. The highest BCUT2D eigenvalue weighted by Gasteiger charge is 2.26. The molecule has 6 rings (SSSR count). The molecule has 1 aliphatic rings. The van der Waals surface area contributed by atoms with Gasteiger partial charge in [0.25, 0.3) is 5.56 Å². The monoisotopic (exact) mass is 423 g/mol. The van der Waals surface area contributed by atoms with Crippen molar-refractivity contribution in [3.63, 3.8) is 0 Å². The van der Waals surface area contributed by atoms with Gasteiger partial charge in [-0.1, -0.05) is 37.1 Å². The minimum atomic E-state index is -0.00182. The van der Waals surface area contributed by atoms with Crippen molar-refractivity contribution < 1.29 is 0 Å². The Labute approximate surface area is 185 Å². The first-order chi connectivity index (χ1) is 15.5. The van der Waals surface area contributed by atoms with Crippen molar-refractivity contribution in [3.05, 3.63) is 69.8 Å². The zero-order chi connectivity index (χ0) is 22.0. The van der Waals surface area contributed by atoms with Gasteiger partial charge >= 0.3 is 0 Å². The number of para-hydroxylation sites is 2. The first kappa shape index (κ1) is 19.2. The molecule has 6 nitrogen and oxygen atoms in total. The molecule has 5 aromatic rings. The summed E-state index contributed by atoms with van der Waals surface area (Å²) in [5.41, 5.74) is 6.77. The van der Waals surface area contributed by atoms with Crippen molar-refractivity contribution in [2.45, 2.75) is 52.5 Å². The summed E-state index contributed by atoms with van der Waals surface area (Å²) in [5, 5.41) is 0.566. The second kappa shape index (κ2) is 6.99. The lowest BCUT2D eigenvalue weighted by atomic mass is 10.1. The fraction of sp³-hybridized carbons (Fsp3) is 0.308. The average Bonchev–Trinajstić information content (AvgIpc) is 3.40. The largest absolute Gasteiger partial charge is 0.293 e. The lowest BCUT2D eigenvalue weighted by Gasteiger charge is -2.17. The summed E-state index contributed by atoms with van der Waals surface area (Å²) in [5.74, 6) is 0.758. The highest BCUT2D eigenvalue weighted by atomic mass is 16.1. The molecule has 0 atom stereocenters. The number of hydrogen-bond donors (Lipinski definition) is 0. The Morgan fingerprint density at radius 3 is 2.34 bits per heavy atom. The van der Waals surface area contributed by atoms with E-state index in [0.29, 0.717) is 22.2 Å². The third-order valence-electron chi connectivity index (χ3n) is 6.78. The van der Waals surface area contributed by atoms with Crippen LogP contribution < -0.4 is 5.56 Å². The van der Waals surface area contributed by atoms with Crippen LogP contribution in [0.25, 0.3) is 38.9 Å². The minimum absolute atomic E-state index is 0.00182.